The molecule has 0 bridgehead atoms. The van der Waals surface area contributed by atoms with Crippen LogP contribution >= 0.6 is 0 Å². The molecule has 2 aromatic carbocycles. The highest BCUT2D eigenvalue weighted by atomic mass is 32.2. The largest absolute Gasteiger partial charge is 0.315 e. The number of hydrogen-bond donors (Lipinski definition) is 3. The van der Waals surface area contributed by atoms with Gasteiger partial charge in [-0.3, -0.25) is 4.72 Å². The van der Waals surface area contributed by atoms with E-state index in [9.17, 15) is 8.42 Å². The minimum atomic E-state index is -3.25. The molecule has 1 fully saturated rings. The minimum Gasteiger partial charge on any atom is -0.315 e. The smallest absolute Gasteiger partial charge is 0.229 e. The summed E-state index contributed by atoms with van der Waals surface area (Å²) in [6.45, 7) is 2.69. The molecule has 3 N–H and O–H groups in total. The SMILES string of the molecule is CS(=O)(=O)Nc1cccc(CNC2CNCC2Cc2ccccc2)c1. The third-order valence-corrected chi connectivity index (χ3v) is 5.09. The van der Waals surface area contributed by atoms with Crippen molar-refractivity contribution in [1.29, 1.82) is 0 Å². The van der Waals surface area contributed by atoms with Crippen molar-refractivity contribution < 1.29 is 8.42 Å². The first-order valence-corrected chi connectivity index (χ1v) is 10.4. The Morgan fingerprint density at radius 3 is 2.56 bits per heavy atom. The van der Waals surface area contributed by atoms with Crippen molar-refractivity contribution in [2.24, 2.45) is 5.92 Å². The van der Waals surface area contributed by atoms with Crippen molar-refractivity contribution in [2.75, 3.05) is 24.1 Å². The van der Waals surface area contributed by atoms with Gasteiger partial charge in [-0.1, -0.05) is 42.5 Å². The zero-order valence-electron chi connectivity index (χ0n) is 14.4. The Morgan fingerprint density at radius 1 is 1.04 bits per heavy atom. The van der Waals surface area contributed by atoms with E-state index in [1.807, 2.05) is 24.3 Å². The second kappa shape index (κ2) is 7.99. The molecule has 0 aromatic heterocycles. The Hall–Kier alpha value is -1.89. The summed E-state index contributed by atoms with van der Waals surface area (Å²) in [5.41, 5.74) is 3.04. The number of anilines is 1. The first kappa shape index (κ1) is 17.9. The van der Waals surface area contributed by atoms with Crippen LogP contribution in [0.2, 0.25) is 0 Å². The molecule has 2 aromatic rings. The van der Waals surface area contributed by atoms with Crippen molar-refractivity contribution in [1.82, 2.24) is 10.6 Å². The first-order chi connectivity index (χ1) is 12.0. The second-order valence-corrected chi connectivity index (χ2v) is 8.42. The Kier molecular flexibility index (Phi) is 5.73. The number of sulfonamides is 1. The minimum absolute atomic E-state index is 0.409. The highest BCUT2D eigenvalue weighted by Crippen LogP contribution is 2.17. The molecule has 134 valence electrons. The molecule has 5 nitrogen and oxygen atoms in total. The third kappa shape index (κ3) is 5.56. The zero-order valence-corrected chi connectivity index (χ0v) is 15.2. The fourth-order valence-corrected chi connectivity index (χ4v) is 3.87. The molecule has 1 aliphatic rings. The summed E-state index contributed by atoms with van der Waals surface area (Å²) in [6, 6.07) is 18.5. The van der Waals surface area contributed by atoms with Gasteiger partial charge in [0.15, 0.2) is 0 Å². The summed E-state index contributed by atoms with van der Waals surface area (Å²) in [4.78, 5) is 0. The van der Waals surface area contributed by atoms with Crippen molar-refractivity contribution in [3.05, 3.63) is 65.7 Å². The van der Waals surface area contributed by atoms with Gasteiger partial charge in [0.05, 0.1) is 6.26 Å². The van der Waals surface area contributed by atoms with Crippen LogP contribution in [-0.2, 0) is 23.0 Å². The lowest BCUT2D eigenvalue weighted by Gasteiger charge is -2.20. The standard InChI is InChI=1S/C19H25N3O2S/c1-25(23,24)22-18-9-5-8-16(11-18)12-21-19-14-20-13-17(19)10-15-6-3-2-4-7-15/h2-9,11,17,19-22H,10,12-14H2,1H3. The van der Waals surface area contributed by atoms with Gasteiger partial charge in [0, 0.05) is 24.8 Å². The van der Waals surface area contributed by atoms with Crippen molar-refractivity contribution >= 4 is 15.7 Å². The average Bonchev–Trinajstić information content (AvgIpc) is 3.00. The van der Waals surface area contributed by atoms with Crippen LogP contribution in [0.3, 0.4) is 0 Å². The van der Waals surface area contributed by atoms with E-state index in [2.05, 4.69) is 39.6 Å². The van der Waals surface area contributed by atoms with Gasteiger partial charge in [-0.25, -0.2) is 8.42 Å². The topological polar surface area (TPSA) is 70.2 Å². The van der Waals surface area contributed by atoms with E-state index in [1.54, 1.807) is 6.07 Å². The third-order valence-electron chi connectivity index (χ3n) is 4.48. The Balaban J connectivity index is 1.58. The molecule has 6 heteroatoms. The van der Waals surface area contributed by atoms with Crippen LogP contribution in [-0.4, -0.2) is 33.8 Å². The molecule has 2 atom stereocenters. The lowest BCUT2D eigenvalue weighted by atomic mass is 9.95. The van der Waals surface area contributed by atoms with Gasteiger partial charge < -0.3 is 10.6 Å². The normalized spacial score (nSPS) is 20.5. The number of benzene rings is 2. The lowest BCUT2D eigenvalue weighted by molar-refractivity contribution is 0.423. The zero-order chi connectivity index (χ0) is 17.7. The summed E-state index contributed by atoms with van der Waals surface area (Å²) in [6.07, 6.45) is 2.22. The Labute approximate surface area is 149 Å². The molecule has 1 aliphatic heterocycles. The molecule has 0 aliphatic carbocycles. The predicted molar refractivity (Wildman–Crippen MR) is 102 cm³/mol. The van der Waals surface area contributed by atoms with Crippen LogP contribution in [0, 0.1) is 5.92 Å². The van der Waals surface area contributed by atoms with Crippen LogP contribution in [0.5, 0.6) is 0 Å². The van der Waals surface area contributed by atoms with Crippen molar-refractivity contribution in [2.45, 2.75) is 19.0 Å². The van der Waals surface area contributed by atoms with Gasteiger partial charge in [-0.2, -0.15) is 0 Å². The molecule has 0 saturated carbocycles. The van der Waals surface area contributed by atoms with Gasteiger partial charge in [0.1, 0.15) is 0 Å². The Morgan fingerprint density at radius 2 is 1.80 bits per heavy atom. The van der Waals surface area contributed by atoms with Crippen LogP contribution < -0.4 is 15.4 Å². The monoisotopic (exact) mass is 359 g/mol. The van der Waals surface area contributed by atoms with Gasteiger partial charge in [0.2, 0.25) is 10.0 Å². The van der Waals surface area contributed by atoms with E-state index in [0.717, 1.165) is 37.9 Å². The predicted octanol–water partition coefficient (Wildman–Crippen LogP) is 1.98. The fraction of sp³-hybridized carbons (Fsp3) is 0.368. The lowest BCUT2D eigenvalue weighted by Crippen LogP contribution is -2.36. The number of rotatable bonds is 7. The fourth-order valence-electron chi connectivity index (χ4n) is 3.31. The van der Waals surface area contributed by atoms with Gasteiger partial charge in [-0.05, 0) is 42.1 Å². The highest BCUT2D eigenvalue weighted by Gasteiger charge is 2.26. The average molecular weight is 359 g/mol. The van der Waals surface area contributed by atoms with E-state index in [-0.39, 0.29) is 0 Å². The highest BCUT2D eigenvalue weighted by molar-refractivity contribution is 7.92. The summed E-state index contributed by atoms with van der Waals surface area (Å²) in [5, 5.41) is 7.09. The summed E-state index contributed by atoms with van der Waals surface area (Å²) >= 11 is 0. The molecule has 0 radical (unpaired) electrons. The molecule has 0 spiro atoms. The van der Waals surface area contributed by atoms with Crippen LogP contribution in [0.25, 0.3) is 0 Å². The summed E-state index contributed by atoms with van der Waals surface area (Å²) in [5.74, 6) is 0.555. The van der Waals surface area contributed by atoms with Crippen LogP contribution in [0.4, 0.5) is 5.69 Å². The van der Waals surface area contributed by atoms with E-state index >= 15 is 0 Å². The van der Waals surface area contributed by atoms with Crippen molar-refractivity contribution in [3.63, 3.8) is 0 Å². The molecule has 25 heavy (non-hydrogen) atoms. The second-order valence-electron chi connectivity index (χ2n) is 6.67. The number of hydrogen-bond acceptors (Lipinski definition) is 4. The maximum absolute atomic E-state index is 11.4. The summed E-state index contributed by atoms with van der Waals surface area (Å²) < 4.78 is 25.2. The molecule has 1 heterocycles. The first-order valence-electron chi connectivity index (χ1n) is 8.54. The van der Waals surface area contributed by atoms with Crippen molar-refractivity contribution in [3.8, 4) is 0 Å². The maximum Gasteiger partial charge on any atom is 0.229 e. The van der Waals surface area contributed by atoms with Gasteiger partial charge >= 0.3 is 0 Å². The van der Waals surface area contributed by atoms with E-state index < -0.39 is 10.0 Å². The van der Waals surface area contributed by atoms with E-state index in [0.29, 0.717) is 17.6 Å². The van der Waals surface area contributed by atoms with Gasteiger partial charge in [0.25, 0.3) is 0 Å². The molecular formula is C19H25N3O2S. The Bertz CT molecular complexity index is 793. The molecule has 2 unspecified atom stereocenters. The van der Waals surface area contributed by atoms with E-state index in [4.69, 9.17) is 0 Å². The molecule has 3 rings (SSSR count). The number of nitrogens with one attached hydrogen (secondary N) is 3. The van der Waals surface area contributed by atoms with Crippen LogP contribution in [0.1, 0.15) is 11.1 Å². The molecular weight excluding hydrogens is 334 g/mol. The molecule has 1 saturated heterocycles. The quantitative estimate of drug-likeness (QED) is 0.707. The van der Waals surface area contributed by atoms with Gasteiger partial charge in [-0.15, -0.1) is 0 Å². The molecule has 0 amide bonds. The van der Waals surface area contributed by atoms with E-state index in [1.165, 1.54) is 5.56 Å². The maximum atomic E-state index is 11.4. The summed E-state index contributed by atoms with van der Waals surface area (Å²) in [7, 11) is -3.25. The van der Waals surface area contributed by atoms with Crippen LogP contribution in [0.15, 0.2) is 54.6 Å².